The molecule has 1 aromatic carbocycles. The minimum absolute atomic E-state index is 0.414. The van der Waals surface area contributed by atoms with Crippen molar-refractivity contribution in [1.29, 1.82) is 0 Å². The Morgan fingerprint density at radius 2 is 1.62 bits per heavy atom. The van der Waals surface area contributed by atoms with Gasteiger partial charge in [0.2, 0.25) is 0 Å². The summed E-state index contributed by atoms with van der Waals surface area (Å²) in [4.78, 5) is 1.95. The lowest BCUT2D eigenvalue weighted by molar-refractivity contribution is 0.00578. The van der Waals surface area contributed by atoms with E-state index < -0.39 is 24.0 Å². The minimum atomic E-state index is -0.954. The highest BCUT2D eigenvalue weighted by molar-refractivity contribution is 6.54. The van der Waals surface area contributed by atoms with Crippen LogP contribution in [0, 0.1) is 0 Å². The van der Waals surface area contributed by atoms with E-state index in [2.05, 4.69) is 0 Å². The van der Waals surface area contributed by atoms with E-state index in [0.29, 0.717) is 0 Å². The van der Waals surface area contributed by atoms with E-state index in [0.717, 1.165) is 11.3 Å². The van der Waals surface area contributed by atoms with Gasteiger partial charge >= 0.3 is 7.12 Å². The van der Waals surface area contributed by atoms with Crippen LogP contribution in [0.3, 0.4) is 0 Å². The van der Waals surface area contributed by atoms with Gasteiger partial charge < -0.3 is 14.2 Å². The average Bonchev–Trinajstić information content (AvgIpc) is 2.59. The van der Waals surface area contributed by atoms with E-state index in [-0.39, 0.29) is 0 Å². The molecule has 1 aromatic rings. The van der Waals surface area contributed by atoms with Crippen molar-refractivity contribution in [2.45, 2.75) is 38.9 Å². The lowest BCUT2D eigenvalue weighted by Crippen LogP contribution is -2.41. The standard InChI is InChI=1S/C16H23BFNO2/c1-15(2)16(3,4)21-17(20-15)14(18)11-12-9-7-8-10-13(12)19(5)6/h7-11H,1-6H3. The quantitative estimate of drug-likeness (QED) is 0.793. The summed E-state index contributed by atoms with van der Waals surface area (Å²) >= 11 is 0. The van der Waals surface area contributed by atoms with E-state index in [4.69, 9.17) is 9.31 Å². The highest BCUT2D eigenvalue weighted by atomic mass is 19.1. The molecule has 0 unspecified atom stereocenters. The second-order valence-electron chi connectivity index (χ2n) is 6.57. The number of rotatable bonds is 3. The van der Waals surface area contributed by atoms with Gasteiger partial charge in [-0.25, -0.2) is 4.39 Å². The summed E-state index contributed by atoms with van der Waals surface area (Å²) in [5.41, 5.74) is 0.259. The van der Waals surface area contributed by atoms with Gasteiger partial charge in [0.25, 0.3) is 0 Å². The van der Waals surface area contributed by atoms with Gasteiger partial charge in [-0.1, -0.05) is 18.2 Å². The lowest BCUT2D eigenvalue weighted by atomic mass is 9.86. The highest BCUT2D eigenvalue weighted by Crippen LogP contribution is 2.39. The molecule has 0 radical (unpaired) electrons. The molecule has 3 nitrogen and oxygen atoms in total. The highest BCUT2D eigenvalue weighted by Gasteiger charge is 2.53. The lowest BCUT2D eigenvalue weighted by Gasteiger charge is -2.32. The van der Waals surface area contributed by atoms with Crippen LogP contribution >= 0.6 is 0 Å². The van der Waals surface area contributed by atoms with Gasteiger partial charge in [-0.3, -0.25) is 0 Å². The van der Waals surface area contributed by atoms with E-state index in [1.807, 2.05) is 71.0 Å². The maximum absolute atomic E-state index is 14.5. The van der Waals surface area contributed by atoms with E-state index in [9.17, 15) is 4.39 Å². The summed E-state index contributed by atoms with van der Waals surface area (Å²) in [6.45, 7) is 7.64. The summed E-state index contributed by atoms with van der Waals surface area (Å²) in [5.74, 6) is 0. The second kappa shape index (κ2) is 5.46. The Kier molecular flexibility index (Phi) is 4.18. The fourth-order valence-corrected chi connectivity index (χ4v) is 2.19. The van der Waals surface area contributed by atoms with E-state index in [1.54, 1.807) is 0 Å². The molecule has 0 aliphatic carbocycles. The molecule has 1 saturated heterocycles. The zero-order valence-electron chi connectivity index (χ0n) is 13.6. The van der Waals surface area contributed by atoms with Gasteiger partial charge in [0, 0.05) is 19.8 Å². The molecule has 21 heavy (non-hydrogen) atoms. The van der Waals surface area contributed by atoms with E-state index >= 15 is 0 Å². The fourth-order valence-electron chi connectivity index (χ4n) is 2.19. The summed E-state index contributed by atoms with van der Waals surface area (Å²) in [6, 6.07) is 7.64. The first-order valence-corrected chi connectivity index (χ1v) is 7.13. The predicted octanol–water partition coefficient (Wildman–Crippen LogP) is 3.69. The summed E-state index contributed by atoms with van der Waals surface area (Å²) in [5, 5.41) is 0. The minimum Gasteiger partial charge on any atom is -0.398 e. The molecule has 0 amide bonds. The Labute approximate surface area is 126 Å². The van der Waals surface area contributed by atoms with Crippen molar-refractivity contribution in [2.75, 3.05) is 19.0 Å². The van der Waals surface area contributed by atoms with Gasteiger partial charge in [-0.15, -0.1) is 0 Å². The van der Waals surface area contributed by atoms with Crippen LogP contribution in [0.15, 0.2) is 30.0 Å². The van der Waals surface area contributed by atoms with Crippen LogP contribution < -0.4 is 4.90 Å². The number of benzene rings is 1. The Balaban J connectivity index is 2.28. The van der Waals surface area contributed by atoms with Crippen molar-refractivity contribution in [3.8, 4) is 0 Å². The average molecular weight is 291 g/mol. The van der Waals surface area contributed by atoms with Crippen LogP contribution in [0.2, 0.25) is 0 Å². The van der Waals surface area contributed by atoms with Crippen molar-refractivity contribution in [1.82, 2.24) is 0 Å². The largest absolute Gasteiger partial charge is 0.525 e. The molecule has 1 aliphatic rings. The molecular weight excluding hydrogens is 268 g/mol. The Morgan fingerprint density at radius 3 is 2.14 bits per heavy atom. The predicted molar refractivity (Wildman–Crippen MR) is 85.9 cm³/mol. The van der Waals surface area contributed by atoms with Crippen molar-refractivity contribution in [3.63, 3.8) is 0 Å². The molecule has 1 heterocycles. The number of hydrogen-bond donors (Lipinski definition) is 0. The zero-order valence-corrected chi connectivity index (χ0v) is 13.6. The molecule has 0 N–H and O–H groups in total. The molecule has 1 fully saturated rings. The molecule has 0 spiro atoms. The number of halogens is 1. The number of nitrogens with zero attached hydrogens (tertiary/aromatic N) is 1. The van der Waals surface area contributed by atoms with Gasteiger partial charge in [-0.2, -0.15) is 0 Å². The molecule has 0 saturated carbocycles. The topological polar surface area (TPSA) is 21.7 Å². The van der Waals surface area contributed by atoms with Gasteiger partial charge in [0.15, 0.2) is 0 Å². The Bertz CT molecular complexity index is 539. The number of hydrogen-bond acceptors (Lipinski definition) is 3. The fraction of sp³-hybridized carbons (Fsp3) is 0.500. The van der Waals surface area contributed by atoms with Gasteiger partial charge in [0.1, 0.15) is 5.73 Å². The second-order valence-corrected chi connectivity index (χ2v) is 6.57. The van der Waals surface area contributed by atoms with Crippen LogP contribution in [0.25, 0.3) is 6.08 Å². The Hall–Kier alpha value is -1.33. The van der Waals surface area contributed by atoms with Crippen LogP contribution in [-0.2, 0) is 9.31 Å². The van der Waals surface area contributed by atoms with Gasteiger partial charge in [-0.05, 0) is 45.4 Å². The summed E-state index contributed by atoms with van der Waals surface area (Å²) in [6.07, 6.45) is 1.48. The Morgan fingerprint density at radius 1 is 1.10 bits per heavy atom. The van der Waals surface area contributed by atoms with Crippen LogP contribution in [-0.4, -0.2) is 32.4 Å². The smallest absolute Gasteiger partial charge is 0.398 e. The maximum Gasteiger partial charge on any atom is 0.525 e. The summed E-state index contributed by atoms with van der Waals surface area (Å²) < 4.78 is 26.0. The molecule has 2 rings (SSSR count). The normalized spacial score (nSPS) is 20.7. The molecule has 0 aromatic heterocycles. The third-order valence-electron chi connectivity index (χ3n) is 4.19. The summed E-state index contributed by atoms with van der Waals surface area (Å²) in [7, 11) is 2.91. The third kappa shape index (κ3) is 3.14. The molecule has 5 heteroatoms. The maximum atomic E-state index is 14.5. The molecule has 0 bridgehead atoms. The molecule has 0 atom stereocenters. The molecular formula is C16H23BFNO2. The van der Waals surface area contributed by atoms with Gasteiger partial charge in [0.05, 0.1) is 11.2 Å². The van der Waals surface area contributed by atoms with Crippen LogP contribution in [0.5, 0.6) is 0 Å². The van der Waals surface area contributed by atoms with Crippen molar-refractivity contribution in [3.05, 3.63) is 35.6 Å². The van der Waals surface area contributed by atoms with Crippen LogP contribution in [0.4, 0.5) is 10.1 Å². The molecule has 1 aliphatic heterocycles. The number of anilines is 1. The third-order valence-corrected chi connectivity index (χ3v) is 4.19. The van der Waals surface area contributed by atoms with E-state index in [1.165, 1.54) is 6.08 Å². The van der Waals surface area contributed by atoms with Crippen molar-refractivity contribution in [2.24, 2.45) is 0 Å². The first-order valence-electron chi connectivity index (χ1n) is 7.13. The first kappa shape index (κ1) is 16.1. The van der Waals surface area contributed by atoms with Crippen molar-refractivity contribution < 1.29 is 13.7 Å². The number of para-hydroxylation sites is 1. The first-order chi connectivity index (χ1) is 9.64. The zero-order chi connectivity index (χ0) is 15.8. The van der Waals surface area contributed by atoms with Crippen molar-refractivity contribution >= 4 is 18.9 Å². The SMILES string of the molecule is CN(C)c1ccccc1C=C(F)B1OC(C)(C)C(C)(C)O1. The molecule has 114 valence electrons. The van der Waals surface area contributed by atoms with Crippen LogP contribution in [0.1, 0.15) is 33.3 Å². The monoisotopic (exact) mass is 291 g/mol.